The van der Waals surface area contributed by atoms with Gasteiger partial charge in [-0.25, -0.2) is 0 Å². The van der Waals surface area contributed by atoms with Gasteiger partial charge >= 0.3 is 5.97 Å². The van der Waals surface area contributed by atoms with Crippen molar-refractivity contribution in [1.82, 2.24) is 0 Å². The van der Waals surface area contributed by atoms with Gasteiger partial charge in [-0.3, -0.25) is 4.79 Å². The topological polar surface area (TPSA) is 55.8 Å². The number of esters is 1. The molecule has 0 aromatic heterocycles. The van der Waals surface area contributed by atoms with Gasteiger partial charge in [0.25, 0.3) is 0 Å². The molecule has 0 heterocycles. The summed E-state index contributed by atoms with van der Waals surface area (Å²) in [4.78, 5) is 10.9. The van der Waals surface area contributed by atoms with Crippen LogP contribution in [0.5, 0.6) is 11.5 Å². The van der Waals surface area contributed by atoms with Crippen LogP contribution in [0.3, 0.4) is 0 Å². The second-order valence-corrected chi connectivity index (χ2v) is 6.40. The maximum absolute atomic E-state index is 10.9. The number of carbonyl (C=O) groups is 1. The molecule has 0 radical (unpaired) electrons. The fourth-order valence-electron chi connectivity index (χ4n) is 2.39. The van der Waals surface area contributed by atoms with E-state index in [1.54, 1.807) is 12.1 Å². The zero-order valence-electron chi connectivity index (χ0n) is 13.4. The highest BCUT2D eigenvalue weighted by atomic mass is 35.5. The normalized spacial score (nSPS) is 13.6. The highest BCUT2D eigenvalue weighted by molar-refractivity contribution is 6.31. The molecule has 2 aromatic carbocycles. The summed E-state index contributed by atoms with van der Waals surface area (Å²) in [7, 11) is 0. The fraction of sp³-hybridized carbons (Fsp3) is 0.316. The Bertz CT molecular complexity index is 713. The number of carbonyl (C=O) groups excluding carboxylic acids is 1. The Morgan fingerprint density at radius 1 is 1.21 bits per heavy atom. The van der Waals surface area contributed by atoms with Crippen LogP contribution in [0.15, 0.2) is 36.4 Å². The minimum absolute atomic E-state index is 0.0933. The quantitative estimate of drug-likeness (QED) is 0.795. The predicted molar refractivity (Wildman–Crippen MR) is 91.5 cm³/mol. The Morgan fingerprint density at radius 3 is 2.50 bits per heavy atom. The van der Waals surface area contributed by atoms with E-state index in [9.17, 15) is 9.90 Å². The third-order valence-corrected chi connectivity index (χ3v) is 4.14. The van der Waals surface area contributed by atoms with E-state index >= 15 is 0 Å². The lowest BCUT2D eigenvalue weighted by Gasteiger charge is -2.11. The van der Waals surface area contributed by atoms with E-state index in [0.29, 0.717) is 28.7 Å². The smallest absolute Gasteiger partial charge is 0.302 e. The standard InChI is InChI=1S/C19H19ClO4/c1-12(21)23-11-14-9-18(20)17(19(22)10-14)8-13-2-4-15(5-3-13)24-16-6-7-16/h2-5,9-10,16,22H,6-8,11H2,1H3. The number of phenolic OH excluding ortho intramolecular Hbond substituents is 1. The molecular formula is C19H19ClO4. The summed E-state index contributed by atoms with van der Waals surface area (Å²) >= 11 is 6.28. The summed E-state index contributed by atoms with van der Waals surface area (Å²) in [5, 5.41) is 10.7. The molecule has 1 fully saturated rings. The molecular weight excluding hydrogens is 328 g/mol. The molecule has 3 rings (SSSR count). The lowest BCUT2D eigenvalue weighted by molar-refractivity contribution is -0.142. The fourth-order valence-corrected chi connectivity index (χ4v) is 2.69. The van der Waals surface area contributed by atoms with E-state index in [-0.39, 0.29) is 18.3 Å². The number of aromatic hydroxyl groups is 1. The van der Waals surface area contributed by atoms with Gasteiger partial charge < -0.3 is 14.6 Å². The number of ether oxygens (including phenoxy) is 2. The Morgan fingerprint density at radius 2 is 1.92 bits per heavy atom. The molecule has 0 saturated heterocycles. The van der Waals surface area contributed by atoms with Gasteiger partial charge in [0, 0.05) is 23.9 Å². The molecule has 0 spiro atoms. The van der Waals surface area contributed by atoms with Crippen molar-refractivity contribution < 1.29 is 19.4 Å². The van der Waals surface area contributed by atoms with Crippen molar-refractivity contribution in [3.05, 3.63) is 58.1 Å². The van der Waals surface area contributed by atoms with Crippen molar-refractivity contribution in [3.8, 4) is 11.5 Å². The van der Waals surface area contributed by atoms with Crippen LogP contribution in [-0.4, -0.2) is 17.2 Å². The van der Waals surface area contributed by atoms with Crippen molar-refractivity contribution >= 4 is 17.6 Å². The van der Waals surface area contributed by atoms with Gasteiger partial charge in [0.15, 0.2) is 0 Å². The van der Waals surface area contributed by atoms with Gasteiger partial charge in [0.05, 0.1) is 6.10 Å². The van der Waals surface area contributed by atoms with Crippen molar-refractivity contribution in [1.29, 1.82) is 0 Å². The summed E-state index contributed by atoms with van der Waals surface area (Å²) in [5.74, 6) is 0.597. The van der Waals surface area contributed by atoms with E-state index < -0.39 is 0 Å². The second kappa shape index (κ2) is 7.14. The minimum atomic E-state index is -0.372. The lowest BCUT2D eigenvalue weighted by Crippen LogP contribution is -2.00. The van der Waals surface area contributed by atoms with Gasteiger partial charge in [-0.1, -0.05) is 23.7 Å². The van der Waals surface area contributed by atoms with E-state index in [4.69, 9.17) is 21.1 Å². The first-order valence-electron chi connectivity index (χ1n) is 7.90. The molecule has 1 aliphatic carbocycles. The maximum Gasteiger partial charge on any atom is 0.302 e. The molecule has 0 atom stereocenters. The lowest BCUT2D eigenvalue weighted by atomic mass is 10.0. The van der Waals surface area contributed by atoms with Gasteiger partial charge in [0.2, 0.25) is 0 Å². The minimum Gasteiger partial charge on any atom is -0.508 e. The first-order chi connectivity index (χ1) is 11.5. The summed E-state index contributed by atoms with van der Waals surface area (Å²) < 4.78 is 10.6. The molecule has 1 saturated carbocycles. The highest BCUT2D eigenvalue weighted by Gasteiger charge is 2.23. The molecule has 1 N–H and O–H groups in total. The first-order valence-corrected chi connectivity index (χ1v) is 8.28. The van der Waals surface area contributed by atoms with Crippen LogP contribution >= 0.6 is 11.6 Å². The molecule has 24 heavy (non-hydrogen) atoms. The van der Waals surface area contributed by atoms with E-state index in [1.807, 2.05) is 24.3 Å². The predicted octanol–water partition coefficient (Wildman–Crippen LogP) is 4.24. The molecule has 2 aromatic rings. The van der Waals surface area contributed by atoms with Crippen molar-refractivity contribution in [2.24, 2.45) is 0 Å². The number of benzene rings is 2. The van der Waals surface area contributed by atoms with Crippen LogP contribution in [-0.2, 0) is 22.6 Å². The van der Waals surface area contributed by atoms with Crippen LogP contribution in [0.4, 0.5) is 0 Å². The molecule has 126 valence electrons. The van der Waals surface area contributed by atoms with Crippen molar-refractivity contribution in [3.63, 3.8) is 0 Å². The van der Waals surface area contributed by atoms with Crippen LogP contribution in [0, 0.1) is 0 Å². The van der Waals surface area contributed by atoms with Crippen LogP contribution in [0.1, 0.15) is 36.5 Å². The Kier molecular flexibility index (Phi) is 4.95. The number of hydrogen-bond donors (Lipinski definition) is 1. The average molecular weight is 347 g/mol. The first kappa shape index (κ1) is 16.7. The molecule has 0 aliphatic heterocycles. The summed E-state index contributed by atoms with van der Waals surface area (Å²) in [6.45, 7) is 1.43. The average Bonchev–Trinajstić information content (AvgIpc) is 3.34. The van der Waals surface area contributed by atoms with Gasteiger partial charge in [-0.05, 0) is 48.2 Å². The number of hydrogen-bond acceptors (Lipinski definition) is 4. The monoisotopic (exact) mass is 346 g/mol. The molecule has 0 bridgehead atoms. The zero-order chi connectivity index (χ0) is 17.1. The Labute approximate surface area is 146 Å². The number of phenols is 1. The molecule has 1 aliphatic rings. The van der Waals surface area contributed by atoms with Crippen LogP contribution in [0.25, 0.3) is 0 Å². The van der Waals surface area contributed by atoms with Crippen LogP contribution < -0.4 is 4.74 Å². The third kappa shape index (κ3) is 4.42. The van der Waals surface area contributed by atoms with Crippen molar-refractivity contribution in [2.75, 3.05) is 0 Å². The largest absolute Gasteiger partial charge is 0.508 e. The Hall–Kier alpha value is -2.20. The Balaban J connectivity index is 1.70. The number of halogens is 1. The second-order valence-electron chi connectivity index (χ2n) is 5.99. The third-order valence-electron chi connectivity index (χ3n) is 3.81. The summed E-state index contributed by atoms with van der Waals surface area (Å²) in [6.07, 6.45) is 3.15. The summed E-state index contributed by atoms with van der Waals surface area (Å²) in [6, 6.07) is 11.1. The van der Waals surface area contributed by atoms with E-state index in [1.165, 1.54) is 6.92 Å². The van der Waals surface area contributed by atoms with Crippen molar-refractivity contribution in [2.45, 2.75) is 38.9 Å². The molecule has 0 amide bonds. The molecule has 5 heteroatoms. The van der Waals surface area contributed by atoms with Gasteiger partial charge in [-0.15, -0.1) is 0 Å². The maximum atomic E-state index is 10.9. The number of rotatable bonds is 6. The summed E-state index contributed by atoms with van der Waals surface area (Å²) in [5.41, 5.74) is 2.34. The highest BCUT2D eigenvalue weighted by Crippen LogP contribution is 2.31. The molecule has 0 unspecified atom stereocenters. The van der Waals surface area contributed by atoms with Crippen LogP contribution in [0.2, 0.25) is 5.02 Å². The van der Waals surface area contributed by atoms with Gasteiger partial charge in [-0.2, -0.15) is 0 Å². The van der Waals surface area contributed by atoms with Gasteiger partial charge in [0.1, 0.15) is 18.1 Å². The van der Waals surface area contributed by atoms with E-state index in [0.717, 1.165) is 24.2 Å². The zero-order valence-corrected chi connectivity index (χ0v) is 14.2. The SMILES string of the molecule is CC(=O)OCc1cc(O)c(Cc2ccc(OC3CC3)cc2)c(Cl)c1. The van der Waals surface area contributed by atoms with E-state index in [2.05, 4.69) is 0 Å². The molecule has 4 nitrogen and oxygen atoms in total.